The SMILES string of the molecule is N#Cc1ccc(C(F)(F)F)cc1Oc1ccc(Cl)cc1. The number of hydrogen-bond donors (Lipinski definition) is 0. The van der Waals surface area contributed by atoms with Gasteiger partial charge < -0.3 is 4.74 Å². The molecule has 0 saturated carbocycles. The van der Waals surface area contributed by atoms with Crippen LogP contribution in [0, 0.1) is 11.3 Å². The van der Waals surface area contributed by atoms with Crippen LogP contribution in [0.25, 0.3) is 0 Å². The van der Waals surface area contributed by atoms with E-state index < -0.39 is 11.7 Å². The van der Waals surface area contributed by atoms with Crippen LogP contribution >= 0.6 is 11.6 Å². The summed E-state index contributed by atoms with van der Waals surface area (Å²) < 4.78 is 43.2. The van der Waals surface area contributed by atoms with Gasteiger partial charge in [-0.15, -0.1) is 0 Å². The number of hydrogen-bond acceptors (Lipinski definition) is 2. The van der Waals surface area contributed by atoms with Crippen molar-refractivity contribution < 1.29 is 17.9 Å². The molecule has 0 aromatic heterocycles. The highest BCUT2D eigenvalue weighted by atomic mass is 35.5. The van der Waals surface area contributed by atoms with Crippen molar-refractivity contribution in [2.75, 3.05) is 0 Å². The first-order valence-electron chi connectivity index (χ1n) is 5.45. The predicted molar refractivity (Wildman–Crippen MR) is 67.7 cm³/mol. The maximum Gasteiger partial charge on any atom is 0.416 e. The first-order valence-corrected chi connectivity index (χ1v) is 5.83. The van der Waals surface area contributed by atoms with Crippen LogP contribution in [-0.2, 0) is 6.18 Å². The van der Waals surface area contributed by atoms with Gasteiger partial charge in [0, 0.05) is 5.02 Å². The minimum atomic E-state index is -4.49. The molecule has 2 aromatic rings. The van der Waals surface area contributed by atoms with Gasteiger partial charge in [-0.25, -0.2) is 0 Å². The molecule has 0 spiro atoms. The smallest absolute Gasteiger partial charge is 0.416 e. The first kappa shape index (κ1) is 14.2. The molecule has 20 heavy (non-hydrogen) atoms. The monoisotopic (exact) mass is 297 g/mol. The van der Waals surface area contributed by atoms with Crippen LogP contribution in [0.2, 0.25) is 5.02 Å². The van der Waals surface area contributed by atoms with E-state index in [2.05, 4.69) is 0 Å². The van der Waals surface area contributed by atoms with Crippen molar-refractivity contribution in [3.05, 3.63) is 58.6 Å². The molecule has 0 aliphatic rings. The molecule has 0 atom stereocenters. The minimum Gasteiger partial charge on any atom is -0.456 e. The van der Waals surface area contributed by atoms with E-state index in [1.54, 1.807) is 6.07 Å². The molecule has 0 heterocycles. The van der Waals surface area contributed by atoms with Gasteiger partial charge in [-0.3, -0.25) is 0 Å². The van der Waals surface area contributed by atoms with Crippen LogP contribution in [0.1, 0.15) is 11.1 Å². The van der Waals surface area contributed by atoms with Crippen molar-refractivity contribution in [3.8, 4) is 17.6 Å². The van der Waals surface area contributed by atoms with E-state index in [1.807, 2.05) is 0 Å². The molecule has 0 bridgehead atoms. The standard InChI is InChI=1S/C14H7ClF3NO/c15-11-3-5-12(6-4-11)20-13-7-10(14(16,17)18)2-1-9(13)8-19/h1-7H. The summed E-state index contributed by atoms with van der Waals surface area (Å²) in [5.41, 5.74) is -0.853. The summed E-state index contributed by atoms with van der Waals surface area (Å²) in [5, 5.41) is 9.38. The van der Waals surface area contributed by atoms with Gasteiger partial charge in [-0.2, -0.15) is 18.4 Å². The summed E-state index contributed by atoms with van der Waals surface area (Å²) in [4.78, 5) is 0. The Hall–Kier alpha value is -2.19. The number of ether oxygens (including phenoxy) is 1. The van der Waals surface area contributed by atoms with Gasteiger partial charge in [-0.05, 0) is 42.5 Å². The van der Waals surface area contributed by atoms with Crippen molar-refractivity contribution in [2.24, 2.45) is 0 Å². The van der Waals surface area contributed by atoms with Crippen molar-refractivity contribution in [3.63, 3.8) is 0 Å². The number of nitrogens with zero attached hydrogens (tertiary/aromatic N) is 1. The quantitative estimate of drug-likeness (QED) is 0.779. The molecule has 102 valence electrons. The van der Waals surface area contributed by atoms with Crippen LogP contribution in [0.3, 0.4) is 0 Å². The lowest BCUT2D eigenvalue weighted by molar-refractivity contribution is -0.137. The molecule has 0 N–H and O–H groups in total. The van der Waals surface area contributed by atoms with Gasteiger partial charge in [-0.1, -0.05) is 11.6 Å². The van der Waals surface area contributed by atoms with Crippen molar-refractivity contribution >= 4 is 11.6 Å². The maximum absolute atomic E-state index is 12.6. The van der Waals surface area contributed by atoms with Crippen LogP contribution in [0.4, 0.5) is 13.2 Å². The third-order valence-electron chi connectivity index (χ3n) is 2.47. The van der Waals surface area contributed by atoms with Crippen molar-refractivity contribution in [2.45, 2.75) is 6.18 Å². The van der Waals surface area contributed by atoms with E-state index >= 15 is 0 Å². The van der Waals surface area contributed by atoms with E-state index in [-0.39, 0.29) is 11.3 Å². The average Bonchev–Trinajstić information content (AvgIpc) is 2.40. The normalized spacial score (nSPS) is 10.9. The zero-order chi connectivity index (χ0) is 14.8. The highest BCUT2D eigenvalue weighted by Gasteiger charge is 2.31. The predicted octanol–water partition coefficient (Wildman–Crippen LogP) is 5.02. The average molecular weight is 298 g/mol. The summed E-state index contributed by atoms with van der Waals surface area (Å²) in [5.74, 6) is 0.148. The van der Waals surface area contributed by atoms with Crippen LogP contribution < -0.4 is 4.74 Å². The third kappa shape index (κ3) is 3.22. The number of rotatable bonds is 2. The Kier molecular flexibility index (Phi) is 3.86. The minimum absolute atomic E-state index is 0.0212. The van der Waals surface area contributed by atoms with Crippen LogP contribution in [0.5, 0.6) is 11.5 Å². The van der Waals surface area contributed by atoms with E-state index in [0.717, 1.165) is 18.2 Å². The zero-order valence-corrected chi connectivity index (χ0v) is 10.7. The molecule has 2 rings (SSSR count). The molecule has 2 aromatic carbocycles. The number of alkyl halides is 3. The van der Waals surface area contributed by atoms with Gasteiger partial charge in [0.05, 0.1) is 11.1 Å². The molecule has 0 radical (unpaired) electrons. The second kappa shape index (κ2) is 5.43. The van der Waals surface area contributed by atoms with Crippen LogP contribution in [-0.4, -0.2) is 0 Å². The van der Waals surface area contributed by atoms with E-state index in [9.17, 15) is 13.2 Å². The number of nitriles is 1. The lowest BCUT2D eigenvalue weighted by Crippen LogP contribution is -2.05. The van der Waals surface area contributed by atoms with E-state index in [0.29, 0.717) is 10.8 Å². The topological polar surface area (TPSA) is 33.0 Å². The van der Waals surface area contributed by atoms with Crippen molar-refractivity contribution in [1.29, 1.82) is 5.26 Å². The molecule has 0 aliphatic carbocycles. The fraction of sp³-hybridized carbons (Fsp3) is 0.0714. The first-order chi connectivity index (χ1) is 9.40. The van der Waals surface area contributed by atoms with Crippen molar-refractivity contribution in [1.82, 2.24) is 0 Å². The Morgan fingerprint density at radius 1 is 1.05 bits per heavy atom. The molecule has 2 nitrogen and oxygen atoms in total. The lowest BCUT2D eigenvalue weighted by atomic mass is 10.1. The van der Waals surface area contributed by atoms with Gasteiger partial charge >= 0.3 is 6.18 Å². The van der Waals surface area contributed by atoms with Gasteiger partial charge in [0.15, 0.2) is 0 Å². The molecule has 0 aliphatic heterocycles. The van der Waals surface area contributed by atoms with Crippen LogP contribution in [0.15, 0.2) is 42.5 Å². The summed E-state index contributed by atoms with van der Waals surface area (Å²) in [6.07, 6.45) is -4.49. The Balaban J connectivity index is 2.39. The molecule has 0 fully saturated rings. The summed E-state index contributed by atoms with van der Waals surface area (Å²) >= 11 is 5.70. The number of benzene rings is 2. The number of halogens is 4. The fourth-order valence-electron chi connectivity index (χ4n) is 1.51. The van der Waals surface area contributed by atoms with Gasteiger partial charge in [0.25, 0.3) is 0 Å². The lowest BCUT2D eigenvalue weighted by Gasteiger charge is -2.11. The van der Waals surface area contributed by atoms with E-state index in [1.165, 1.54) is 24.3 Å². The summed E-state index contributed by atoms with van der Waals surface area (Å²) in [6, 6.07) is 10.6. The maximum atomic E-state index is 12.6. The molecular formula is C14H7ClF3NO. The third-order valence-corrected chi connectivity index (χ3v) is 2.72. The fourth-order valence-corrected chi connectivity index (χ4v) is 1.63. The Morgan fingerprint density at radius 3 is 2.25 bits per heavy atom. The molecule has 0 unspecified atom stereocenters. The second-order valence-corrected chi connectivity index (χ2v) is 4.31. The highest BCUT2D eigenvalue weighted by Crippen LogP contribution is 2.34. The second-order valence-electron chi connectivity index (χ2n) is 3.88. The summed E-state index contributed by atoms with van der Waals surface area (Å²) in [7, 11) is 0. The Labute approximate surface area is 118 Å². The zero-order valence-electron chi connectivity index (χ0n) is 9.91. The van der Waals surface area contributed by atoms with Gasteiger partial charge in [0.2, 0.25) is 0 Å². The summed E-state index contributed by atoms with van der Waals surface area (Å²) in [6.45, 7) is 0. The molecule has 0 amide bonds. The van der Waals surface area contributed by atoms with Gasteiger partial charge in [0.1, 0.15) is 17.6 Å². The Morgan fingerprint density at radius 2 is 1.70 bits per heavy atom. The Bertz CT molecular complexity index is 660. The molecule has 6 heteroatoms. The molecule has 0 saturated heterocycles. The van der Waals surface area contributed by atoms with E-state index in [4.69, 9.17) is 21.6 Å². The highest BCUT2D eigenvalue weighted by molar-refractivity contribution is 6.30. The molecular weight excluding hydrogens is 291 g/mol. The largest absolute Gasteiger partial charge is 0.456 e.